The number of nitrogens with two attached hydrogens (primary N) is 1. The summed E-state index contributed by atoms with van der Waals surface area (Å²) in [7, 11) is 0. The second-order valence-corrected chi connectivity index (χ2v) is 6.71. The Balaban J connectivity index is 1.52. The average molecular weight is 350 g/mol. The fraction of sp³-hybridized carbons (Fsp3) is 0.350. The summed E-state index contributed by atoms with van der Waals surface area (Å²) in [6.45, 7) is 3.42. The van der Waals surface area contributed by atoms with Crippen LogP contribution in [-0.2, 0) is 6.42 Å². The molecule has 0 atom stereocenters. The minimum absolute atomic E-state index is 0.00404. The highest BCUT2D eigenvalue weighted by Crippen LogP contribution is 2.33. The lowest BCUT2D eigenvalue weighted by Crippen LogP contribution is -2.38. The Morgan fingerprint density at radius 1 is 1.27 bits per heavy atom. The van der Waals surface area contributed by atoms with E-state index in [0.717, 1.165) is 41.3 Å². The maximum absolute atomic E-state index is 13.0. The molecule has 0 aliphatic carbocycles. The van der Waals surface area contributed by atoms with Crippen LogP contribution < -0.4 is 5.73 Å². The largest absolute Gasteiger partial charge is 0.367 e. The van der Waals surface area contributed by atoms with E-state index in [0.29, 0.717) is 24.7 Å². The van der Waals surface area contributed by atoms with Gasteiger partial charge in [-0.05, 0) is 30.7 Å². The maximum Gasteiger partial charge on any atom is 0.273 e. The Hall–Kier alpha value is -2.89. The zero-order chi connectivity index (χ0) is 18.1. The molecule has 2 N–H and O–H groups in total. The standard InChI is InChI=1S/C20H22N4O2/c1-2-15-17(23-26-19(15)21)14-8-11-24(12-9-14)20(25)18-16-6-4-3-5-13(16)7-10-22-18/h3-7,10,14H,2,8-9,11-12,21H2,1H3. The third-order valence-electron chi connectivity index (χ3n) is 5.25. The number of nitrogens with zero attached hydrogens (tertiary/aromatic N) is 3. The Morgan fingerprint density at radius 3 is 2.81 bits per heavy atom. The fourth-order valence-corrected chi connectivity index (χ4v) is 3.81. The first-order valence-corrected chi connectivity index (χ1v) is 9.06. The van der Waals surface area contributed by atoms with E-state index in [2.05, 4.69) is 17.1 Å². The molecule has 6 nitrogen and oxygen atoms in total. The molecule has 1 aliphatic rings. The number of anilines is 1. The molecule has 134 valence electrons. The number of fused-ring (bicyclic) bond motifs is 1. The number of carbonyl (C=O) groups is 1. The molecular formula is C20H22N4O2. The van der Waals surface area contributed by atoms with Gasteiger partial charge in [-0.25, -0.2) is 0 Å². The SMILES string of the molecule is CCc1c(C2CCN(C(=O)c3nccc4ccccc34)CC2)noc1N. The quantitative estimate of drug-likeness (QED) is 0.782. The highest BCUT2D eigenvalue weighted by molar-refractivity contribution is 6.05. The van der Waals surface area contributed by atoms with Gasteiger partial charge in [0.15, 0.2) is 0 Å². The highest BCUT2D eigenvalue weighted by atomic mass is 16.5. The number of hydrogen-bond acceptors (Lipinski definition) is 5. The molecule has 0 radical (unpaired) electrons. The lowest BCUT2D eigenvalue weighted by Gasteiger charge is -2.31. The lowest BCUT2D eigenvalue weighted by atomic mass is 9.90. The average Bonchev–Trinajstić information content (AvgIpc) is 3.07. The number of hydrogen-bond donors (Lipinski definition) is 1. The van der Waals surface area contributed by atoms with Crippen molar-refractivity contribution in [3.05, 3.63) is 53.5 Å². The van der Waals surface area contributed by atoms with Crippen LogP contribution in [0.5, 0.6) is 0 Å². The topological polar surface area (TPSA) is 85.2 Å². The van der Waals surface area contributed by atoms with E-state index < -0.39 is 0 Å². The van der Waals surface area contributed by atoms with Gasteiger partial charge < -0.3 is 15.2 Å². The molecule has 4 rings (SSSR count). The fourth-order valence-electron chi connectivity index (χ4n) is 3.81. The number of piperidine rings is 1. The Morgan fingerprint density at radius 2 is 2.04 bits per heavy atom. The predicted octanol–water partition coefficient (Wildman–Crippen LogP) is 3.39. The summed E-state index contributed by atoms with van der Waals surface area (Å²) in [5.41, 5.74) is 8.35. The van der Waals surface area contributed by atoms with Crippen molar-refractivity contribution in [1.82, 2.24) is 15.0 Å². The summed E-state index contributed by atoms with van der Waals surface area (Å²) >= 11 is 0. The van der Waals surface area contributed by atoms with Crippen LogP contribution in [0.4, 0.5) is 5.88 Å². The van der Waals surface area contributed by atoms with Crippen LogP contribution in [0.3, 0.4) is 0 Å². The second-order valence-electron chi connectivity index (χ2n) is 6.71. The van der Waals surface area contributed by atoms with E-state index in [-0.39, 0.29) is 11.8 Å². The normalized spacial score (nSPS) is 15.5. The molecule has 6 heteroatoms. The monoisotopic (exact) mass is 350 g/mol. The third-order valence-corrected chi connectivity index (χ3v) is 5.25. The molecule has 1 amide bonds. The number of carbonyl (C=O) groups excluding carboxylic acids is 1. The van der Waals surface area contributed by atoms with Crippen molar-refractivity contribution < 1.29 is 9.32 Å². The summed E-state index contributed by atoms with van der Waals surface area (Å²) in [5, 5.41) is 6.10. The minimum Gasteiger partial charge on any atom is -0.367 e. The molecule has 26 heavy (non-hydrogen) atoms. The highest BCUT2D eigenvalue weighted by Gasteiger charge is 2.29. The van der Waals surface area contributed by atoms with Gasteiger partial charge in [0.1, 0.15) is 5.69 Å². The van der Waals surface area contributed by atoms with Crippen LogP contribution in [-0.4, -0.2) is 34.0 Å². The Kier molecular flexibility index (Phi) is 4.32. The van der Waals surface area contributed by atoms with E-state index in [9.17, 15) is 4.79 Å². The van der Waals surface area contributed by atoms with Crippen molar-refractivity contribution in [2.75, 3.05) is 18.8 Å². The molecule has 0 spiro atoms. The molecule has 0 unspecified atom stereocenters. The Bertz CT molecular complexity index is 937. The van der Waals surface area contributed by atoms with Crippen molar-refractivity contribution in [3.8, 4) is 0 Å². The van der Waals surface area contributed by atoms with Crippen LogP contribution in [0.15, 0.2) is 41.1 Å². The first-order chi connectivity index (χ1) is 12.7. The number of likely N-dealkylation sites (tertiary alicyclic amines) is 1. The zero-order valence-electron chi connectivity index (χ0n) is 14.8. The predicted molar refractivity (Wildman–Crippen MR) is 99.9 cm³/mol. The first-order valence-electron chi connectivity index (χ1n) is 9.06. The zero-order valence-corrected chi connectivity index (χ0v) is 14.8. The summed E-state index contributed by atoms with van der Waals surface area (Å²) < 4.78 is 5.17. The van der Waals surface area contributed by atoms with Crippen LogP contribution in [0, 0.1) is 0 Å². The lowest BCUT2D eigenvalue weighted by molar-refractivity contribution is 0.0707. The van der Waals surface area contributed by atoms with Crippen molar-refractivity contribution in [1.29, 1.82) is 0 Å². The minimum atomic E-state index is -0.00404. The van der Waals surface area contributed by atoms with E-state index >= 15 is 0 Å². The molecule has 1 aromatic carbocycles. The first kappa shape index (κ1) is 16.6. The summed E-state index contributed by atoms with van der Waals surface area (Å²) in [5.74, 6) is 0.701. The number of nitrogen functional groups attached to an aromatic ring is 1. The van der Waals surface area contributed by atoms with Gasteiger partial charge in [0.2, 0.25) is 5.88 Å². The second kappa shape index (κ2) is 6.78. The van der Waals surface area contributed by atoms with Crippen LogP contribution in [0.25, 0.3) is 10.8 Å². The van der Waals surface area contributed by atoms with E-state index in [1.54, 1.807) is 6.20 Å². The van der Waals surface area contributed by atoms with E-state index in [4.69, 9.17) is 10.3 Å². The molecule has 0 bridgehead atoms. The molecule has 2 aromatic heterocycles. The number of rotatable bonds is 3. The van der Waals surface area contributed by atoms with Gasteiger partial charge in [-0.1, -0.05) is 36.3 Å². The summed E-state index contributed by atoms with van der Waals surface area (Å²) in [6.07, 6.45) is 4.22. The molecule has 1 aliphatic heterocycles. The third kappa shape index (κ3) is 2.81. The molecule has 1 fully saturated rings. The van der Waals surface area contributed by atoms with E-state index in [1.807, 2.05) is 35.2 Å². The van der Waals surface area contributed by atoms with Gasteiger partial charge in [0, 0.05) is 36.2 Å². The van der Waals surface area contributed by atoms with Gasteiger partial charge >= 0.3 is 0 Å². The van der Waals surface area contributed by atoms with Crippen molar-refractivity contribution in [2.24, 2.45) is 0 Å². The number of aromatic nitrogens is 2. The van der Waals surface area contributed by atoms with Crippen molar-refractivity contribution in [3.63, 3.8) is 0 Å². The molecular weight excluding hydrogens is 328 g/mol. The Labute approximate surface area is 152 Å². The maximum atomic E-state index is 13.0. The van der Waals surface area contributed by atoms with Crippen molar-refractivity contribution >= 4 is 22.6 Å². The van der Waals surface area contributed by atoms with Gasteiger partial charge in [-0.2, -0.15) is 0 Å². The van der Waals surface area contributed by atoms with Crippen LogP contribution in [0.2, 0.25) is 0 Å². The van der Waals surface area contributed by atoms with Gasteiger partial charge in [-0.3, -0.25) is 9.78 Å². The van der Waals surface area contributed by atoms with Gasteiger partial charge in [-0.15, -0.1) is 0 Å². The number of benzene rings is 1. The van der Waals surface area contributed by atoms with Crippen LogP contribution in [0.1, 0.15) is 47.4 Å². The van der Waals surface area contributed by atoms with Crippen LogP contribution >= 0.6 is 0 Å². The molecule has 3 heterocycles. The molecule has 3 aromatic rings. The van der Waals surface area contributed by atoms with Gasteiger partial charge in [0.25, 0.3) is 5.91 Å². The van der Waals surface area contributed by atoms with E-state index in [1.165, 1.54) is 0 Å². The van der Waals surface area contributed by atoms with Crippen molar-refractivity contribution in [2.45, 2.75) is 32.1 Å². The smallest absolute Gasteiger partial charge is 0.273 e. The number of pyridine rings is 1. The summed E-state index contributed by atoms with van der Waals surface area (Å²) in [4.78, 5) is 19.2. The van der Waals surface area contributed by atoms with Gasteiger partial charge in [0.05, 0.1) is 5.69 Å². The molecule has 0 saturated carbocycles. The summed E-state index contributed by atoms with van der Waals surface area (Å²) in [6, 6.07) is 9.79. The number of amides is 1. The molecule has 1 saturated heterocycles.